The molecule has 102 valence electrons. The Bertz CT molecular complexity index is 675. The standard InChI is InChI=1S/C14H10O6/c15-5-1-2-6(16)10-9(5)13(19)11-7(17)3-4-8(18)12(11)14(10)20/h1-2,15-18H,3-4H2. The van der Waals surface area contributed by atoms with Gasteiger partial charge in [0.2, 0.25) is 11.6 Å². The number of Topliss-reactive ketones (excluding diaryl/α,β-unsaturated/α-hetero) is 2. The molecule has 1 aromatic carbocycles. The second-order valence-corrected chi connectivity index (χ2v) is 4.66. The van der Waals surface area contributed by atoms with Crippen LogP contribution in [0.1, 0.15) is 33.6 Å². The van der Waals surface area contributed by atoms with Crippen LogP contribution in [-0.2, 0) is 0 Å². The summed E-state index contributed by atoms with van der Waals surface area (Å²) in [5.41, 5.74) is -1.30. The lowest BCUT2D eigenvalue weighted by Gasteiger charge is -2.25. The molecule has 0 bridgehead atoms. The molecule has 0 unspecified atom stereocenters. The molecule has 0 aliphatic heterocycles. The van der Waals surface area contributed by atoms with E-state index in [1.807, 2.05) is 0 Å². The van der Waals surface area contributed by atoms with Crippen molar-refractivity contribution < 1.29 is 30.0 Å². The average Bonchev–Trinajstić information content (AvgIpc) is 2.41. The number of rotatable bonds is 0. The van der Waals surface area contributed by atoms with Crippen LogP contribution >= 0.6 is 0 Å². The summed E-state index contributed by atoms with van der Waals surface area (Å²) in [5.74, 6) is -3.09. The maximum Gasteiger partial charge on any atom is 0.201 e. The summed E-state index contributed by atoms with van der Waals surface area (Å²) >= 11 is 0. The van der Waals surface area contributed by atoms with Crippen LogP contribution in [0.15, 0.2) is 34.8 Å². The molecule has 0 radical (unpaired) electrons. The fourth-order valence-corrected chi connectivity index (χ4v) is 2.55. The van der Waals surface area contributed by atoms with Gasteiger partial charge in [-0.3, -0.25) is 9.59 Å². The maximum absolute atomic E-state index is 12.3. The molecule has 1 aromatic rings. The van der Waals surface area contributed by atoms with E-state index in [1.165, 1.54) is 0 Å². The monoisotopic (exact) mass is 274 g/mol. The van der Waals surface area contributed by atoms with E-state index in [-0.39, 0.29) is 46.6 Å². The van der Waals surface area contributed by atoms with Gasteiger partial charge in [0.25, 0.3) is 0 Å². The molecular weight excluding hydrogens is 264 g/mol. The fourth-order valence-electron chi connectivity index (χ4n) is 2.55. The first-order valence-corrected chi connectivity index (χ1v) is 5.92. The number of aromatic hydroxyl groups is 2. The summed E-state index contributed by atoms with van der Waals surface area (Å²) in [6, 6.07) is 2.18. The van der Waals surface area contributed by atoms with Gasteiger partial charge in [0.15, 0.2) is 0 Å². The second-order valence-electron chi connectivity index (χ2n) is 4.66. The van der Waals surface area contributed by atoms with E-state index >= 15 is 0 Å². The lowest BCUT2D eigenvalue weighted by molar-refractivity contribution is 0.0954. The van der Waals surface area contributed by atoms with Gasteiger partial charge in [-0.2, -0.15) is 0 Å². The van der Waals surface area contributed by atoms with Gasteiger partial charge in [0.1, 0.15) is 23.0 Å². The molecule has 20 heavy (non-hydrogen) atoms. The third-order valence-corrected chi connectivity index (χ3v) is 3.50. The third-order valence-electron chi connectivity index (χ3n) is 3.50. The number of hydrogen-bond acceptors (Lipinski definition) is 6. The predicted octanol–water partition coefficient (Wildman–Crippen LogP) is 1.89. The molecule has 6 heteroatoms. The number of phenolic OH excluding ortho intramolecular Hbond substituents is 2. The van der Waals surface area contributed by atoms with Crippen molar-refractivity contribution >= 4 is 11.6 Å². The highest BCUT2D eigenvalue weighted by atomic mass is 16.3. The minimum atomic E-state index is -0.785. The largest absolute Gasteiger partial charge is 0.512 e. The molecule has 0 heterocycles. The van der Waals surface area contributed by atoms with E-state index in [0.29, 0.717) is 0 Å². The molecule has 3 rings (SSSR count). The number of hydrogen-bond donors (Lipinski definition) is 4. The Labute approximate surface area is 112 Å². The van der Waals surface area contributed by atoms with Gasteiger partial charge in [-0.1, -0.05) is 0 Å². The first kappa shape index (κ1) is 12.3. The van der Waals surface area contributed by atoms with Crippen molar-refractivity contribution in [3.05, 3.63) is 45.9 Å². The molecule has 0 atom stereocenters. The zero-order chi connectivity index (χ0) is 14.6. The summed E-state index contributed by atoms with van der Waals surface area (Å²) in [4.78, 5) is 24.7. The minimum absolute atomic E-state index is 0.0403. The van der Waals surface area contributed by atoms with E-state index in [9.17, 15) is 30.0 Å². The highest BCUT2D eigenvalue weighted by molar-refractivity contribution is 6.33. The van der Waals surface area contributed by atoms with E-state index in [1.54, 1.807) is 0 Å². The lowest BCUT2D eigenvalue weighted by Crippen LogP contribution is -2.27. The Morgan fingerprint density at radius 2 is 1.05 bits per heavy atom. The molecule has 2 aliphatic rings. The number of fused-ring (bicyclic) bond motifs is 2. The van der Waals surface area contributed by atoms with Gasteiger partial charge >= 0.3 is 0 Å². The SMILES string of the molecule is O=C1C2=C(O)CCC(O)=C2C(=O)c2c(O)ccc(O)c21. The predicted molar refractivity (Wildman–Crippen MR) is 67.0 cm³/mol. The Balaban J connectivity index is 2.43. The summed E-state index contributed by atoms with van der Waals surface area (Å²) in [6.45, 7) is 0. The zero-order valence-electron chi connectivity index (χ0n) is 10.2. The van der Waals surface area contributed by atoms with Gasteiger partial charge in [0.05, 0.1) is 22.3 Å². The Morgan fingerprint density at radius 1 is 0.700 bits per heavy atom. The second kappa shape index (κ2) is 3.86. The number of allylic oxidation sites excluding steroid dienone is 4. The molecule has 2 aliphatic carbocycles. The van der Waals surface area contributed by atoms with Crippen molar-refractivity contribution in [2.45, 2.75) is 12.8 Å². The maximum atomic E-state index is 12.3. The van der Waals surface area contributed by atoms with Crippen LogP contribution in [0.4, 0.5) is 0 Å². The summed E-state index contributed by atoms with van der Waals surface area (Å²) in [5, 5.41) is 39.1. The van der Waals surface area contributed by atoms with E-state index in [4.69, 9.17) is 0 Å². The van der Waals surface area contributed by atoms with Gasteiger partial charge in [0, 0.05) is 12.8 Å². The van der Waals surface area contributed by atoms with Crippen molar-refractivity contribution in [2.24, 2.45) is 0 Å². The smallest absolute Gasteiger partial charge is 0.201 e. The van der Waals surface area contributed by atoms with Crippen LogP contribution in [0.2, 0.25) is 0 Å². The summed E-state index contributed by atoms with van der Waals surface area (Å²) in [7, 11) is 0. The summed E-state index contributed by atoms with van der Waals surface area (Å²) in [6.07, 6.45) is 0.0806. The lowest BCUT2D eigenvalue weighted by atomic mass is 9.77. The van der Waals surface area contributed by atoms with Crippen LogP contribution in [0.5, 0.6) is 11.5 Å². The normalized spacial score (nSPS) is 18.2. The van der Waals surface area contributed by atoms with Crippen molar-refractivity contribution in [3.63, 3.8) is 0 Å². The van der Waals surface area contributed by atoms with Crippen LogP contribution < -0.4 is 0 Å². The van der Waals surface area contributed by atoms with E-state index in [2.05, 4.69) is 0 Å². The fraction of sp³-hybridized carbons (Fsp3) is 0.143. The zero-order valence-corrected chi connectivity index (χ0v) is 10.2. The van der Waals surface area contributed by atoms with Crippen molar-refractivity contribution in [1.82, 2.24) is 0 Å². The van der Waals surface area contributed by atoms with Crippen LogP contribution in [0, 0.1) is 0 Å². The minimum Gasteiger partial charge on any atom is -0.512 e. The molecule has 0 aromatic heterocycles. The Kier molecular flexibility index (Phi) is 2.37. The molecule has 0 spiro atoms. The third kappa shape index (κ3) is 1.38. The van der Waals surface area contributed by atoms with Gasteiger partial charge in [-0.15, -0.1) is 0 Å². The van der Waals surface area contributed by atoms with Gasteiger partial charge in [-0.05, 0) is 12.1 Å². The van der Waals surface area contributed by atoms with Crippen molar-refractivity contribution in [3.8, 4) is 11.5 Å². The van der Waals surface area contributed by atoms with E-state index < -0.39 is 23.1 Å². The van der Waals surface area contributed by atoms with E-state index in [0.717, 1.165) is 12.1 Å². The molecule has 0 saturated heterocycles. The molecule has 6 nitrogen and oxygen atoms in total. The van der Waals surface area contributed by atoms with Crippen molar-refractivity contribution in [1.29, 1.82) is 0 Å². The average molecular weight is 274 g/mol. The Morgan fingerprint density at radius 3 is 1.40 bits per heavy atom. The first-order chi connectivity index (χ1) is 9.43. The molecule has 0 fully saturated rings. The van der Waals surface area contributed by atoms with Gasteiger partial charge in [-0.25, -0.2) is 0 Å². The highest BCUT2D eigenvalue weighted by Gasteiger charge is 2.42. The number of benzene rings is 1. The topological polar surface area (TPSA) is 115 Å². The molecule has 4 N–H and O–H groups in total. The number of aliphatic hydroxyl groups is 2. The van der Waals surface area contributed by atoms with Crippen LogP contribution in [-0.4, -0.2) is 32.0 Å². The quantitative estimate of drug-likeness (QED) is 0.537. The molecular formula is C14H10O6. The van der Waals surface area contributed by atoms with Gasteiger partial charge < -0.3 is 20.4 Å². The Hall–Kier alpha value is -2.76. The number of ketones is 2. The first-order valence-electron chi connectivity index (χ1n) is 5.92. The van der Waals surface area contributed by atoms with Crippen LogP contribution in [0.25, 0.3) is 0 Å². The molecule has 0 saturated carbocycles. The number of aliphatic hydroxyl groups excluding tert-OH is 2. The number of carbonyl (C=O) groups excluding carboxylic acids is 2. The molecule has 0 amide bonds. The summed E-state index contributed by atoms with van der Waals surface area (Å²) < 4.78 is 0. The number of carbonyl (C=O) groups is 2. The van der Waals surface area contributed by atoms with Crippen LogP contribution in [0.3, 0.4) is 0 Å². The van der Waals surface area contributed by atoms with Crippen molar-refractivity contribution in [2.75, 3.05) is 0 Å². The highest BCUT2D eigenvalue weighted by Crippen LogP contribution is 2.43. The number of phenols is 2.